The predicted octanol–water partition coefficient (Wildman–Crippen LogP) is 4.64. The van der Waals surface area contributed by atoms with Gasteiger partial charge in [0.25, 0.3) is 0 Å². The molecule has 0 spiro atoms. The Balaban J connectivity index is 2.39. The molecule has 6 heteroatoms. The van der Waals surface area contributed by atoms with E-state index in [1.54, 1.807) is 48.5 Å². The van der Waals surface area contributed by atoms with Gasteiger partial charge >= 0.3 is 0 Å². The number of rotatable bonds is 2. The number of nitrogens with two attached hydrogens (primary N) is 1. The van der Waals surface area contributed by atoms with Crippen molar-refractivity contribution in [3.63, 3.8) is 0 Å². The van der Waals surface area contributed by atoms with Crippen LogP contribution in [0.4, 0.5) is 0 Å². The fourth-order valence-corrected chi connectivity index (χ4v) is 4.09. The lowest BCUT2D eigenvalue weighted by molar-refractivity contribution is 0.475. The topological polar surface area (TPSA) is 97.4 Å². The van der Waals surface area contributed by atoms with Gasteiger partial charge in [0.2, 0.25) is 0 Å². The van der Waals surface area contributed by atoms with E-state index in [9.17, 15) is 15.8 Å². The Bertz CT molecular complexity index is 1020. The molecule has 0 bridgehead atoms. The Morgan fingerprint density at radius 3 is 1.81 bits per heavy atom. The Kier molecular flexibility index (Phi) is 4.62. The van der Waals surface area contributed by atoms with E-state index in [0.717, 1.165) is 0 Å². The van der Waals surface area contributed by atoms with Gasteiger partial charge in [-0.1, -0.05) is 59.6 Å². The van der Waals surface area contributed by atoms with Gasteiger partial charge in [-0.15, -0.1) is 0 Å². The standard InChI is InChI=1S/C20H12Cl2N4/c21-15-7-3-1-5-12(15)17-14(9-23)19(26)20(10-24,11-25)18(17)13-6-2-4-8-16(13)22/h1-8,17-18H,26H2/t17-,18-/m1/s1. The fourth-order valence-electron chi connectivity index (χ4n) is 3.58. The molecule has 0 unspecified atom stereocenters. The first-order valence-electron chi connectivity index (χ1n) is 7.73. The third-order valence-electron chi connectivity index (χ3n) is 4.78. The number of hydrogen-bond donors (Lipinski definition) is 1. The second-order valence-corrected chi connectivity index (χ2v) is 6.78. The summed E-state index contributed by atoms with van der Waals surface area (Å²) >= 11 is 12.8. The average Bonchev–Trinajstić information content (AvgIpc) is 2.90. The molecule has 0 fully saturated rings. The molecule has 2 aromatic rings. The molecule has 4 nitrogen and oxygen atoms in total. The summed E-state index contributed by atoms with van der Waals surface area (Å²) in [5.74, 6) is -1.39. The minimum absolute atomic E-state index is 0.0418. The van der Waals surface area contributed by atoms with Crippen LogP contribution in [0, 0.1) is 39.4 Å². The van der Waals surface area contributed by atoms with Crippen LogP contribution in [0.15, 0.2) is 59.8 Å². The van der Waals surface area contributed by atoms with Gasteiger partial charge in [-0.05, 0) is 23.3 Å². The molecule has 0 heterocycles. The molecule has 0 saturated heterocycles. The summed E-state index contributed by atoms with van der Waals surface area (Å²) < 4.78 is 0. The van der Waals surface area contributed by atoms with E-state index >= 15 is 0 Å². The molecule has 126 valence electrons. The van der Waals surface area contributed by atoms with Crippen LogP contribution in [0.2, 0.25) is 10.0 Å². The average molecular weight is 379 g/mol. The molecule has 1 aliphatic carbocycles. The second-order valence-electron chi connectivity index (χ2n) is 5.97. The maximum Gasteiger partial charge on any atom is 0.191 e. The third-order valence-corrected chi connectivity index (χ3v) is 5.47. The summed E-state index contributed by atoms with van der Waals surface area (Å²) in [5.41, 5.74) is 5.80. The first-order chi connectivity index (χ1) is 12.5. The van der Waals surface area contributed by atoms with Crippen LogP contribution < -0.4 is 5.73 Å². The number of halogens is 2. The highest BCUT2D eigenvalue weighted by Gasteiger charge is 2.56. The summed E-state index contributed by atoms with van der Waals surface area (Å²) in [6.07, 6.45) is 0. The smallest absolute Gasteiger partial charge is 0.191 e. The monoisotopic (exact) mass is 378 g/mol. The zero-order valence-corrected chi connectivity index (χ0v) is 15.0. The van der Waals surface area contributed by atoms with Gasteiger partial charge in [0.05, 0.1) is 29.5 Å². The van der Waals surface area contributed by atoms with E-state index in [1.165, 1.54) is 0 Å². The summed E-state index contributed by atoms with van der Waals surface area (Å²) in [5, 5.41) is 30.3. The van der Waals surface area contributed by atoms with E-state index in [2.05, 4.69) is 6.07 Å². The van der Waals surface area contributed by atoms with Gasteiger partial charge in [0, 0.05) is 21.9 Å². The van der Waals surface area contributed by atoms with Gasteiger partial charge in [0.15, 0.2) is 5.41 Å². The van der Waals surface area contributed by atoms with Gasteiger partial charge in [0.1, 0.15) is 0 Å². The number of allylic oxidation sites excluding steroid dienone is 2. The van der Waals surface area contributed by atoms with E-state index < -0.39 is 17.3 Å². The van der Waals surface area contributed by atoms with Crippen molar-refractivity contribution in [1.29, 1.82) is 15.8 Å². The zero-order chi connectivity index (χ0) is 18.9. The predicted molar refractivity (Wildman–Crippen MR) is 98.9 cm³/mol. The molecule has 1 aliphatic rings. The molecule has 2 aromatic carbocycles. The van der Waals surface area contributed by atoms with Crippen molar-refractivity contribution in [3.05, 3.63) is 81.0 Å². The molecular formula is C20H12Cl2N4. The number of nitrogens with zero attached hydrogens (tertiary/aromatic N) is 3. The lowest BCUT2D eigenvalue weighted by atomic mass is 9.69. The van der Waals surface area contributed by atoms with Crippen LogP contribution in [-0.4, -0.2) is 0 Å². The first-order valence-corrected chi connectivity index (χ1v) is 8.49. The Labute approximate surface area is 161 Å². The maximum atomic E-state index is 9.88. The first kappa shape index (κ1) is 17.8. The van der Waals surface area contributed by atoms with Crippen LogP contribution in [0.5, 0.6) is 0 Å². The molecule has 0 aromatic heterocycles. The lowest BCUT2D eigenvalue weighted by Crippen LogP contribution is -2.29. The largest absolute Gasteiger partial charge is 0.399 e. The van der Waals surface area contributed by atoms with Gasteiger partial charge in [-0.2, -0.15) is 15.8 Å². The van der Waals surface area contributed by atoms with E-state index in [1.807, 2.05) is 12.1 Å². The Morgan fingerprint density at radius 2 is 1.35 bits per heavy atom. The van der Waals surface area contributed by atoms with Crippen LogP contribution in [0.3, 0.4) is 0 Å². The third kappa shape index (κ3) is 2.42. The fraction of sp³-hybridized carbons (Fsp3) is 0.150. The van der Waals surface area contributed by atoms with Crippen molar-refractivity contribution in [2.24, 2.45) is 11.1 Å². The van der Waals surface area contributed by atoms with Crippen molar-refractivity contribution in [3.8, 4) is 18.2 Å². The van der Waals surface area contributed by atoms with Crippen LogP contribution in [0.25, 0.3) is 0 Å². The molecule has 0 amide bonds. The van der Waals surface area contributed by atoms with E-state index in [-0.39, 0.29) is 11.3 Å². The van der Waals surface area contributed by atoms with E-state index in [0.29, 0.717) is 21.2 Å². The molecule has 2 N–H and O–H groups in total. The molecule has 3 rings (SSSR count). The van der Waals surface area contributed by atoms with Crippen LogP contribution >= 0.6 is 23.2 Å². The maximum absolute atomic E-state index is 9.88. The zero-order valence-electron chi connectivity index (χ0n) is 13.4. The highest BCUT2D eigenvalue weighted by molar-refractivity contribution is 6.32. The lowest BCUT2D eigenvalue weighted by Gasteiger charge is -2.29. The van der Waals surface area contributed by atoms with Crippen molar-refractivity contribution in [1.82, 2.24) is 0 Å². The SMILES string of the molecule is N#CC1=C(N)C(C#N)(C#N)[C@H](c2ccccc2Cl)[C@@H]1c1ccccc1Cl. The molecule has 0 saturated carbocycles. The Hall–Kier alpha value is -2.97. The van der Waals surface area contributed by atoms with E-state index in [4.69, 9.17) is 28.9 Å². The molecular weight excluding hydrogens is 367 g/mol. The molecule has 26 heavy (non-hydrogen) atoms. The summed E-state index contributed by atoms with van der Waals surface area (Å²) in [6.45, 7) is 0. The van der Waals surface area contributed by atoms with Gasteiger partial charge in [-0.3, -0.25) is 0 Å². The van der Waals surface area contributed by atoms with Gasteiger partial charge < -0.3 is 5.73 Å². The number of hydrogen-bond acceptors (Lipinski definition) is 4. The summed E-state index contributed by atoms with van der Waals surface area (Å²) in [6, 6.07) is 20.1. The highest BCUT2D eigenvalue weighted by atomic mass is 35.5. The normalized spacial score (nSPS) is 20.9. The number of nitriles is 3. The highest BCUT2D eigenvalue weighted by Crippen LogP contribution is 2.59. The molecule has 2 atom stereocenters. The van der Waals surface area contributed by atoms with Crippen LogP contribution in [-0.2, 0) is 0 Å². The van der Waals surface area contributed by atoms with Crippen molar-refractivity contribution in [2.75, 3.05) is 0 Å². The second kappa shape index (κ2) is 6.74. The van der Waals surface area contributed by atoms with Crippen LogP contribution in [0.1, 0.15) is 23.0 Å². The van der Waals surface area contributed by atoms with Gasteiger partial charge in [-0.25, -0.2) is 0 Å². The quantitative estimate of drug-likeness (QED) is 0.822. The number of benzene rings is 2. The molecule has 0 radical (unpaired) electrons. The van der Waals surface area contributed by atoms with Crippen molar-refractivity contribution >= 4 is 23.2 Å². The Morgan fingerprint density at radius 1 is 0.846 bits per heavy atom. The summed E-state index contributed by atoms with van der Waals surface area (Å²) in [4.78, 5) is 0. The molecule has 0 aliphatic heterocycles. The van der Waals surface area contributed by atoms with Crippen molar-refractivity contribution < 1.29 is 0 Å². The minimum Gasteiger partial charge on any atom is -0.399 e. The summed E-state index contributed by atoms with van der Waals surface area (Å²) in [7, 11) is 0. The minimum atomic E-state index is -1.71. The van der Waals surface area contributed by atoms with Crippen molar-refractivity contribution in [2.45, 2.75) is 11.8 Å².